The lowest BCUT2D eigenvalue weighted by atomic mass is 9.87. The topological polar surface area (TPSA) is 32.3 Å². The van der Waals surface area contributed by atoms with Crippen LogP contribution in [-0.2, 0) is 5.54 Å². The van der Waals surface area contributed by atoms with Crippen LogP contribution in [0.3, 0.4) is 0 Å². The van der Waals surface area contributed by atoms with E-state index in [9.17, 15) is 5.11 Å². The molecule has 0 spiro atoms. The zero-order valence-corrected chi connectivity index (χ0v) is 10.5. The number of rotatable bonds is 4. The summed E-state index contributed by atoms with van der Waals surface area (Å²) in [6.45, 7) is 3.30. The number of aliphatic hydroxyl groups excluding tert-OH is 1. The number of hydrogen-bond donors (Lipinski definition) is 2. The number of hydrogen-bond acceptors (Lipinski definition) is 3. The average molecular weight is 237 g/mol. The van der Waals surface area contributed by atoms with Crippen molar-refractivity contribution in [2.75, 3.05) is 18.9 Å². The fraction of sp³-hybridized carbons (Fsp3) is 0.538. The van der Waals surface area contributed by atoms with E-state index in [0.29, 0.717) is 0 Å². The Hall–Kier alpha value is -0.510. The largest absolute Gasteiger partial charge is 0.394 e. The molecule has 0 saturated heterocycles. The highest BCUT2D eigenvalue weighted by atomic mass is 32.2. The van der Waals surface area contributed by atoms with Gasteiger partial charge in [0.15, 0.2) is 0 Å². The van der Waals surface area contributed by atoms with Gasteiger partial charge in [-0.2, -0.15) is 0 Å². The van der Waals surface area contributed by atoms with Crippen LogP contribution in [0.2, 0.25) is 0 Å². The quantitative estimate of drug-likeness (QED) is 0.843. The van der Waals surface area contributed by atoms with E-state index in [-0.39, 0.29) is 12.1 Å². The molecule has 1 aliphatic heterocycles. The van der Waals surface area contributed by atoms with Gasteiger partial charge in [0, 0.05) is 10.6 Å². The van der Waals surface area contributed by atoms with Crippen molar-refractivity contribution in [1.82, 2.24) is 5.32 Å². The second-order valence-electron chi connectivity index (χ2n) is 4.26. The van der Waals surface area contributed by atoms with Gasteiger partial charge in [0.2, 0.25) is 0 Å². The highest BCUT2D eigenvalue weighted by Gasteiger charge is 2.35. The van der Waals surface area contributed by atoms with Gasteiger partial charge in [-0.25, -0.2) is 0 Å². The normalized spacial score (nSPS) is 24.1. The van der Waals surface area contributed by atoms with E-state index < -0.39 is 0 Å². The number of nitrogens with one attached hydrogen (secondary N) is 1. The Bertz CT molecular complexity index is 356. The summed E-state index contributed by atoms with van der Waals surface area (Å²) in [6, 6.07) is 8.42. The molecule has 1 aliphatic rings. The molecule has 1 heterocycles. The summed E-state index contributed by atoms with van der Waals surface area (Å²) in [4.78, 5) is 1.31. The monoisotopic (exact) mass is 237 g/mol. The first kappa shape index (κ1) is 12.0. The molecule has 0 fully saturated rings. The van der Waals surface area contributed by atoms with E-state index in [0.717, 1.165) is 25.1 Å². The highest BCUT2D eigenvalue weighted by Crippen LogP contribution is 2.39. The molecular weight excluding hydrogens is 218 g/mol. The van der Waals surface area contributed by atoms with E-state index in [2.05, 4.69) is 36.5 Å². The molecule has 0 amide bonds. The van der Waals surface area contributed by atoms with Crippen LogP contribution in [0.25, 0.3) is 0 Å². The first-order valence-corrected chi connectivity index (χ1v) is 6.89. The molecule has 2 rings (SSSR count). The fourth-order valence-corrected chi connectivity index (χ4v) is 3.49. The molecule has 88 valence electrons. The molecular formula is C13H19NOS. The second-order valence-corrected chi connectivity index (χ2v) is 5.40. The number of fused-ring (bicyclic) bond motifs is 1. The van der Waals surface area contributed by atoms with Crippen molar-refractivity contribution in [2.45, 2.75) is 30.2 Å². The Labute approximate surface area is 101 Å². The van der Waals surface area contributed by atoms with Crippen LogP contribution in [0.4, 0.5) is 0 Å². The maximum Gasteiger partial charge on any atom is 0.0688 e. The van der Waals surface area contributed by atoms with Crippen LogP contribution in [0.1, 0.15) is 25.3 Å². The molecule has 16 heavy (non-hydrogen) atoms. The molecule has 1 atom stereocenters. The van der Waals surface area contributed by atoms with E-state index in [1.807, 2.05) is 11.8 Å². The molecule has 1 aromatic rings. The second kappa shape index (κ2) is 5.21. The summed E-state index contributed by atoms with van der Waals surface area (Å²) in [7, 11) is 0. The van der Waals surface area contributed by atoms with Crippen LogP contribution >= 0.6 is 11.8 Å². The molecule has 3 heteroatoms. The van der Waals surface area contributed by atoms with Gasteiger partial charge < -0.3 is 10.4 Å². The zero-order valence-electron chi connectivity index (χ0n) is 9.70. The maximum atomic E-state index is 9.74. The molecule has 2 N–H and O–H groups in total. The Kier molecular flexibility index (Phi) is 3.90. The predicted octanol–water partition coefficient (Wildman–Crippen LogP) is 2.37. The predicted molar refractivity (Wildman–Crippen MR) is 68.8 cm³/mol. The van der Waals surface area contributed by atoms with Crippen LogP contribution in [0, 0.1) is 0 Å². The third-order valence-electron chi connectivity index (χ3n) is 3.17. The minimum atomic E-state index is -0.210. The third-order valence-corrected chi connectivity index (χ3v) is 4.25. The van der Waals surface area contributed by atoms with Crippen molar-refractivity contribution in [1.29, 1.82) is 0 Å². The zero-order chi connectivity index (χ0) is 11.4. The van der Waals surface area contributed by atoms with Crippen molar-refractivity contribution in [3.63, 3.8) is 0 Å². The fourth-order valence-electron chi connectivity index (χ4n) is 2.23. The summed E-state index contributed by atoms with van der Waals surface area (Å²) < 4.78 is 0. The van der Waals surface area contributed by atoms with Crippen LogP contribution < -0.4 is 5.32 Å². The van der Waals surface area contributed by atoms with Crippen LogP contribution in [0.5, 0.6) is 0 Å². The molecule has 0 aliphatic carbocycles. The smallest absolute Gasteiger partial charge is 0.0688 e. The molecule has 2 nitrogen and oxygen atoms in total. The third kappa shape index (κ3) is 2.12. The Morgan fingerprint density at radius 3 is 3.00 bits per heavy atom. The average Bonchev–Trinajstić information content (AvgIpc) is 2.36. The van der Waals surface area contributed by atoms with Crippen molar-refractivity contribution in [3.05, 3.63) is 29.8 Å². The van der Waals surface area contributed by atoms with E-state index in [1.165, 1.54) is 10.5 Å². The number of benzene rings is 1. The van der Waals surface area contributed by atoms with Gasteiger partial charge in [0.25, 0.3) is 0 Å². The van der Waals surface area contributed by atoms with E-state index >= 15 is 0 Å². The van der Waals surface area contributed by atoms with Crippen molar-refractivity contribution in [2.24, 2.45) is 0 Å². The van der Waals surface area contributed by atoms with E-state index in [4.69, 9.17) is 0 Å². The molecule has 1 unspecified atom stereocenters. The Morgan fingerprint density at radius 2 is 2.25 bits per heavy atom. The van der Waals surface area contributed by atoms with Gasteiger partial charge in [-0.15, -0.1) is 11.8 Å². The Morgan fingerprint density at radius 1 is 1.44 bits per heavy atom. The summed E-state index contributed by atoms with van der Waals surface area (Å²) >= 11 is 1.89. The van der Waals surface area contributed by atoms with Crippen molar-refractivity contribution < 1.29 is 5.11 Å². The van der Waals surface area contributed by atoms with Crippen molar-refractivity contribution in [3.8, 4) is 0 Å². The highest BCUT2D eigenvalue weighted by molar-refractivity contribution is 7.99. The van der Waals surface area contributed by atoms with Gasteiger partial charge >= 0.3 is 0 Å². The lowest BCUT2D eigenvalue weighted by Gasteiger charge is -2.38. The number of thioether (sulfide) groups is 1. The maximum absolute atomic E-state index is 9.74. The van der Waals surface area contributed by atoms with Gasteiger partial charge in [0.1, 0.15) is 0 Å². The van der Waals surface area contributed by atoms with E-state index in [1.54, 1.807) is 0 Å². The van der Waals surface area contributed by atoms with Gasteiger partial charge in [-0.3, -0.25) is 0 Å². The number of aliphatic hydroxyl groups is 1. The standard InChI is InChI=1S/C13H19NOS/c1-2-8-14-13(10-15)7-9-16-12-6-4-3-5-11(12)13/h3-6,14-15H,2,7-10H2,1H3. The molecule has 0 radical (unpaired) electrons. The summed E-state index contributed by atoms with van der Waals surface area (Å²) in [6.07, 6.45) is 2.10. The molecule has 0 aromatic heterocycles. The summed E-state index contributed by atoms with van der Waals surface area (Å²) in [5, 5.41) is 13.3. The molecule has 1 aromatic carbocycles. The first-order chi connectivity index (χ1) is 7.82. The minimum absolute atomic E-state index is 0.185. The molecule has 0 saturated carbocycles. The lowest BCUT2D eigenvalue weighted by Crippen LogP contribution is -2.48. The first-order valence-electron chi connectivity index (χ1n) is 5.90. The van der Waals surface area contributed by atoms with Gasteiger partial charge in [-0.1, -0.05) is 25.1 Å². The van der Waals surface area contributed by atoms with Gasteiger partial charge in [-0.05, 0) is 31.0 Å². The molecule has 0 bridgehead atoms. The minimum Gasteiger partial charge on any atom is -0.394 e. The Balaban J connectivity index is 2.33. The van der Waals surface area contributed by atoms with Crippen LogP contribution in [-0.4, -0.2) is 24.0 Å². The van der Waals surface area contributed by atoms with Crippen molar-refractivity contribution >= 4 is 11.8 Å². The summed E-state index contributed by atoms with van der Waals surface area (Å²) in [5.74, 6) is 1.08. The lowest BCUT2D eigenvalue weighted by molar-refractivity contribution is 0.153. The SMILES string of the molecule is CCCNC1(CO)CCSc2ccccc21. The van der Waals surface area contributed by atoms with Gasteiger partial charge in [0.05, 0.1) is 12.1 Å². The summed E-state index contributed by atoms with van der Waals surface area (Å²) in [5.41, 5.74) is 1.06. The van der Waals surface area contributed by atoms with Crippen LogP contribution in [0.15, 0.2) is 29.2 Å².